The Morgan fingerprint density at radius 1 is 1.24 bits per heavy atom. The average Bonchev–Trinajstić information content (AvgIpc) is 3.07. The van der Waals surface area contributed by atoms with E-state index in [9.17, 15) is 18.0 Å². The van der Waals surface area contributed by atoms with E-state index in [4.69, 9.17) is 0 Å². The molecule has 2 N–H and O–H groups in total. The third-order valence-electron chi connectivity index (χ3n) is 4.23. The minimum atomic E-state index is -3.54. The summed E-state index contributed by atoms with van der Waals surface area (Å²) in [6.07, 6.45) is 3.24. The molecule has 1 aromatic rings. The number of amides is 2. The molecule has 156 valence electrons. The number of aliphatic imine (C=N–C) groups is 1. The number of carbonyl (C=O) groups excluding carboxylic acids is 2. The first-order valence-corrected chi connectivity index (χ1v) is 10.9. The van der Waals surface area contributed by atoms with Crippen LogP contribution in [0.1, 0.15) is 12.8 Å². The summed E-state index contributed by atoms with van der Waals surface area (Å²) in [4.78, 5) is 30.4. The molecular formula is C20H26N4O4S. The van der Waals surface area contributed by atoms with Gasteiger partial charge in [0.1, 0.15) is 5.84 Å². The van der Waals surface area contributed by atoms with E-state index in [1.54, 1.807) is 4.90 Å². The maximum Gasteiger partial charge on any atom is 0.237 e. The van der Waals surface area contributed by atoms with Crippen molar-refractivity contribution in [2.45, 2.75) is 12.8 Å². The highest BCUT2D eigenvalue weighted by Crippen LogP contribution is 2.24. The van der Waals surface area contributed by atoms with E-state index in [0.29, 0.717) is 6.54 Å². The van der Waals surface area contributed by atoms with Gasteiger partial charge in [0.05, 0.1) is 18.2 Å². The quantitative estimate of drug-likeness (QED) is 0.258. The summed E-state index contributed by atoms with van der Waals surface area (Å²) in [6.45, 7) is 7.76. The minimum Gasteiger partial charge on any atom is -0.354 e. The van der Waals surface area contributed by atoms with Gasteiger partial charge in [-0.25, -0.2) is 8.42 Å². The zero-order valence-electron chi connectivity index (χ0n) is 16.2. The summed E-state index contributed by atoms with van der Waals surface area (Å²) in [5.74, 6) is -0.690. The van der Waals surface area contributed by atoms with Gasteiger partial charge < -0.3 is 10.2 Å². The molecule has 1 aliphatic heterocycles. The van der Waals surface area contributed by atoms with Crippen LogP contribution < -0.4 is 14.9 Å². The van der Waals surface area contributed by atoms with Crippen LogP contribution in [0.25, 0.3) is 0 Å². The predicted octanol–water partition coefficient (Wildman–Crippen LogP) is 1.24. The minimum absolute atomic E-state index is 0.0840. The number of hydrogen-bond donors (Lipinski definition) is 2. The molecule has 29 heavy (non-hydrogen) atoms. The number of nitrogens with zero attached hydrogens (tertiary/aromatic N) is 2. The maximum absolute atomic E-state index is 12.4. The molecule has 0 bridgehead atoms. The summed E-state index contributed by atoms with van der Waals surface area (Å²) < 4.78 is 26.0. The molecule has 0 spiro atoms. The molecule has 2 rings (SSSR count). The number of amidine groups is 1. The lowest BCUT2D eigenvalue weighted by atomic mass is 10.1. The van der Waals surface area contributed by atoms with Gasteiger partial charge in [-0.2, -0.15) is 0 Å². The fourth-order valence-corrected chi connectivity index (χ4v) is 3.81. The molecule has 8 nitrogen and oxygen atoms in total. The lowest BCUT2D eigenvalue weighted by Gasteiger charge is -2.16. The van der Waals surface area contributed by atoms with Crippen molar-refractivity contribution in [2.75, 3.05) is 30.3 Å². The number of rotatable bonds is 10. The fourth-order valence-electron chi connectivity index (χ4n) is 2.91. The topological polar surface area (TPSA) is 108 Å². The van der Waals surface area contributed by atoms with Crippen LogP contribution in [0.15, 0.2) is 60.6 Å². The van der Waals surface area contributed by atoms with Gasteiger partial charge in [0, 0.05) is 31.6 Å². The smallest absolute Gasteiger partial charge is 0.237 e. The highest BCUT2D eigenvalue weighted by Gasteiger charge is 2.34. The summed E-state index contributed by atoms with van der Waals surface area (Å²) in [5.41, 5.74) is 0.776. The van der Waals surface area contributed by atoms with E-state index in [2.05, 4.69) is 28.2 Å². The molecule has 1 fully saturated rings. The van der Waals surface area contributed by atoms with Crippen LogP contribution in [0.3, 0.4) is 0 Å². The second-order valence-electron chi connectivity index (χ2n) is 6.53. The SMILES string of the molecule is C=CCC(=NCCNC(=O)C1CC(=O)N(c2ccccc2)C1)NS(=O)(=O)CC=C. The summed E-state index contributed by atoms with van der Waals surface area (Å²) in [5, 5.41) is 2.76. The number of hydrogen-bond acceptors (Lipinski definition) is 5. The molecule has 1 saturated heterocycles. The van der Waals surface area contributed by atoms with Crippen molar-refractivity contribution in [1.82, 2.24) is 10.0 Å². The summed E-state index contributed by atoms with van der Waals surface area (Å²) >= 11 is 0. The number of para-hydroxylation sites is 1. The number of anilines is 1. The highest BCUT2D eigenvalue weighted by molar-refractivity contribution is 7.90. The Hall–Kier alpha value is -2.94. The Morgan fingerprint density at radius 2 is 1.97 bits per heavy atom. The van der Waals surface area contributed by atoms with Crippen LogP contribution in [0, 0.1) is 5.92 Å². The Bertz CT molecular complexity index is 881. The standard InChI is InChI=1S/C20H26N4O4S/c1-3-8-18(23-29(27,28)13-4-2)21-11-12-22-20(26)16-14-19(25)24(15-16)17-9-6-5-7-10-17/h3-7,9-10,16H,1-2,8,11-15H2,(H,21,23)(H,22,26). The second kappa shape index (κ2) is 10.6. The highest BCUT2D eigenvalue weighted by atomic mass is 32.2. The van der Waals surface area contributed by atoms with Gasteiger partial charge in [-0.1, -0.05) is 30.4 Å². The Labute approximate surface area is 171 Å². The van der Waals surface area contributed by atoms with Gasteiger partial charge in [-0.3, -0.25) is 19.3 Å². The van der Waals surface area contributed by atoms with Gasteiger partial charge in [0.15, 0.2) is 0 Å². The Kier molecular flexibility index (Phi) is 8.14. The molecule has 1 atom stereocenters. The van der Waals surface area contributed by atoms with Crippen molar-refractivity contribution in [1.29, 1.82) is 0 Å². The van der Waals surface area contributed by atoms with Crippen LogP contribution >= 0.6 is 0 Å². The van der Waals surface area contributed by atoms with Crippen molar-refractivity contribution in [3.05, 3.63) is 55.6 Å². The van der Waals surface area contributed by atoms with Gasteiger partial charge in [-0.05, 0) is 12.1 Å². The molecule has 0 aromatic heterocycles. The zero-order chi connectivity index (χ0) is 21.3. The molecule has 2 amide bonds. The third-order valence-corrected chi connectivity index (χ3v) is 5.45. The third kappa shape index (κ3) is 6.86. The van der Waals surface area contributed by atoms with Crippen molar-refractivity contribution >= 4 is 33.4 Å². The maximum atomic E-state index is 12.4. The van der Waals surface area contributed by atoms with E-state index >= 15 is 0 Å². The molecule has 1 aromatic carbocycles. The van der Waals surface area contributed by atoms with E-state index in [-0.39, 0.29) is 49.3 Å². The van der Waals surface area contributed by atoms with Crippen molar-refractivity contribution in [3.63, 3.8) is 0 Å². The van der Waals surface area contributed by atoms with Crippen LogP contribution in [0.2, 0.25) is 0 Å². The van der Waals surface area contributed by atoms with E-state index < -0.39 is 15.9 Å². The van der Waals surface area contributed by atoms with Crippen LogP contribution in [0.5, 0.6) is 0 Å². The number of sulfonamides is 1. The normalized spacial score (nSPS) is 17.1. The molecule has 1 aliphatic rings. The lowest BCUT2D eigenvalue weighted by Crippen LogP contribution is -2.35. The molecule has 0 saturated carbocycles. The monoisotopic (exact) mass is 418 g/mol. The first-order chi connectivity index (χ1) is 13.9. The van der Waals surface area contributed by atoms with E-state index in [0.717, 1.165) is 5.69 Å². The molecule has 1 heterocycles. The number of benzene rings is 1. The van der Waals surface area contributed by atoms with Gasteiger partial charge in [-0.15, -0.1) is 13.2 Å². The number of nitrogens with one attached hydrogen (secondary N) is 2. The Balaban J connectivity index is 1.85. The first-order valence-electron chi connectivity index (χ1n) is 9.25. The van der Waals surface area contributed by atoms with E-state index in [1.807, 2.05) is 30.3 Å². The van der Waals surface area contributed by atoms with Crippen molar-refractivity contribution < 1.29 is 18.0 Å². The summed E-state index contributed by atoms with van der Waals surface area (Å²) in [6, 6.07) is 9.23. The van der Waals surface area contributed by atoms with Crippen molar-refractivity contribution in [2.24, 2.45) is 10.9 Å². The largest absolute Gasteiger partial charge is 0.354 e. The van der Waals surface area contributed by atoms with Crippen LogP contribution in [0.4, 0.5) is 5.69 Å². The molecular weight excluding hydrogens is 392 g/mol. The van der Waals surface area contributed by atoms with E-state index in [1.165, 1.54) is 12.2 Å². The van der Waals surface area contributed by atoms with Gasteiger partial charge in [0.25, 0.3) is 0 Å². The van der Waals surface area contributed by atoms with Crippen LogP contribution in [-0.2, 0) is 19.6 Å². The molecule has 1 unspecified atom stereocenters. The molecule has 0 radical (unpaired) electrons. The molecule has 0 aliphatic carbocycles. The van der Waals surface area contributed by atoms with Gasteiger partial charge >= 0.3 is 0 Å². The predicted molar refractivity (Wildman–Crippen MR) is 114 cm³/mol. The van der Waals surface area contributed by atoms with Crippen molar-refractivity contribution in [3.8, 4) is 0 Å². The Morgan fingerprint density at radius 3 is 2.62 bits per heavy atom. The average molecular weight is 419 g/mol. The second-order valence-corrected chi connectivity index (χ2v) is 8.29. The lowest BCUT2D eigenvalue weighted by molar-refractivity contribution is -0.126. The van der Waals surface area contributed by atoms with Crippen LogP contribution in [-0.4, -0.2) is 51.5 Å². The number of carbonyl (C=O) groups is 2. The fraction of sp³-hybridized carbons (Fsp3) is 0.350. The zero-order valence-corrected chi connectivity index (χ0v) is 17.0. The van der Waals surface area contributed by atoms with Gasteiger partial charge in [0.2, 0.25) is 21.8 Å². The summed E-state index contributed by atoms with van der Waals surface area (Å²) in [7, 11) is -3.54. The molecule has 9 heteroatoms. The first kappa shape index (κ1) is 22.4.